The summed E-state index contributed by atoms with van der Waals surface area (Å²) in [4.78, 5) is 22.3. The lowest BCUT2D eigenvalue weighted by molar-refractivity contribution is -0.141. The Hall–Kier alpha value is -1.95. The fraction of sp³-hybridized carbons (Fsp3) is 0.333. The quantitative estimate of drug-likeness (QED) is 0.704. The highest BCUT2D eigenvalue weighted by molar-refractivity contribution is 5.86. The van der Waals surface area contributed by atoms with Crippen LogP contribution in [-0.4, -0.2) is 29.1 Å². The third-order valence-corrected chi connectivity index (χ3v) is 2.36. The molecule has 0 aliphatic rings. The van der Waals surface area contributed by atoms with Crippen molar-refractivity contribution in [2.45, 2.75) is 25.4 Å². The van der Waals surface area contributed by atoms with Gasteiger partial charge in [0.25, 0.3) is 0 Å². The molecule has 1 rings (SSSR count). The van der Waals surface area contributed by atoms with Gasteiger partial charge in [-0.05, 0) is 24.6 Å². The van der Waals surface area contributed by atoms with Crippen molar-refractivity contribution in [2.24, 2.45) is 5.73 Å². The smallest absolute Gasteiger partial charge is 0.326 e. The molecule has 6 heteroatoms. The van der Waals surface area contributed by atoms with E-state index in [9.17, 15) is 14.0 Å². The summed E-state index contributed by atoms with van der Waals surface area (Å²) in [6.45, 7) is 1.45. The number of hydrogen-bond acceptors (Lipinski definition) is 3. The summed E-state index contributed by atoms with van der Waals surface area (Å²) in [7, 11) is 0. The van der Waals surface area contributed by atoms with E-state index in [0.717, 1.165) is 0 Å². The third-order valence-electron chi connectivity index (χ3n) is 2.36. The van der Waals surface area contributed by atoms with Crippen molar-refractivity contribution < 1.29 is 19.1 Å². The highest BCUT2D eigenvalue weighted by atomic mass is 19.1. The Morgan fingerprint density at radius 1 is 1.50 bits per heavy atom. The molecule has 18 heavy (non-hydrogen) atoms. The predicted octanol–water partition coefficient (Wildman–Crippen LogP) is 0.285. The second-order valence-corrected chi connectivity index (χ2v) is 4.02. The van der Waals surface area contributed by atoms with Crippen molar-refractivity contribution in [1.29, 1.82) is 0 Å². The first-order valence-corrected chi connectivity index (χ1v) is 5.43. The maximum absolute atomic E-state index is 13.0. The molecular formula is C12H15FN2O3. The minimum Gasteiger partial charge on any atom is -0.480 e. The van der Waals surface area contributed by atoms with Gasteiger partial charge in [-0.1, -0.05) is 12.1 Å². The van der Waals surface area contributed by atoms with Crippen molar-refractivity contribution in [1.82, 2.24) is 5.32 Å². The zero-order chi connectivity index (χ0) is 13.7. The first kappa shape index (κ1) is 14.1. The van der Waals surface area contributed by atoms with E-state index in [-0.39, 0.29) is 6.42 Å². The van der Waals surface area contributed by atoms with Gasteiger partial charge in [-0.2, -0.15) is 0 Å². The Morgan fingerprint density at radius 2 is 2.17 bits per heavy atom. The van der Waals surface area contributed by atoms with Crippen LogP contribution in [0.2, 0.25) is 0 Å². The Kier molecular flexibility index (Phi) is 4.79. The maximum Gasteiger partial charge on any atom is 0.326 e. The lowest BCUT2D eigenvalue weighted by Gasteiger charge is -2.16. The van der Waals surface area contributed by atoms with E-state index in [0.29, 0.717) is 5.56 Å². The molecule has 0 saturated heterocycles. The molecule has 0 fully saturated rings. The summed E-state index contributed by atoms with van der Waals surface area (Å²) in [6, 6.07) is 3.66. The number of carbonyl (C=O) groups is 2. The number of carbonyl (C=O) groups excluding carboxylic acids is 1. The molecule has 0 aromatic heterocycles. The Balaban J connectivity index is 2.75. The molecule has 1 aromatic carbocycles. The molecule has 5 nitrogen and oxygen atoms in total. The van der Waals surface area contributed by atoms with E-state index >= 15 is 0 Å². The Labute approximate surface area is 104 Å². The van der Waals surface area contributed by atoms with E-state index in [1.54, 1.807) is 6.07 Å². The highest BCUT2D eigenvalue weighted by Gasteiger charge is 2.21. The van der Waals surface area contributed by atoms with E-state index in [2.05, 4.69) is 5.32 Å². The second-order valence-electron chi connectivity index (χ2n) is 4.02. The van der Waals surface area contributed by atoms with Gasteiger partial charge in [0.1, 0.15) is 11.9 Å². The fourth-order valence-electron chi connectivity index (χ4n) is 1.40. The van der Waals surface area contributed by atoms with Crippen LogP contribution in [0.5, 0.6) is 0 Å². The molecule has 1 amide bonds. The van der Waals surface area contributed by atoms with Crippen molar-refractivity contribution in [3.8, 4) is 0 Å². The molecule has 4 N–H and O–H groups in total. The van der Waals surface area contributed by atoms with E-state index in [1.807, 2.05) is 0 Å². The maximum atomic E-state index is 13.0. The molecule has 0 saturated carbocycles. The topological polar surface area (TPSA) is 92.4 Å². The van der Waals surface area contributed by atoms with Crippen LogP contribution in [0.1, 0.15) is 12.5 Å². The number of amides is 1. The van der Waals surface area contributed by atoms with Crippen LogP contribution >= 0.6 is 0 Å². The number of carboxylic acid groups (broad SMARTS) is 1. The molecule has 0 aliphatic heterocycles. The zero-order valence-electron chi connectivity index (χ0n) is 9.89. The summed E-state index contributed by atoms with van der Waals surface area (Å²) < 4.78 is 13.0. The van der Waals surface area contributed by atoms with Crippen molar-refractivity contribution in [2.75, 3.05) is 0 Å². The molecule has 0 spiro atoms. The summed E-state index contributed by atoms with van der Waals surface area (Å²) in [6.07, 6.45) is 0.00551. The number of nitrogens with one attached hydrogen (secondary N) is 1. The molecule has 0 aliphatic carbocycles. The monoisotopic (exact) mass is 254 g/mol. The van der Waals surface area contributed by atoms with Gasteiger partial charge in [0.15, 0.2) is 0 Å². The average Bonchev–Trinajstić information content (AvgIpc) is 2.27. The zero-order valence-corrected chi connectivity index (χ0v) is 9.89. The summed E-state index contributed by atoms with van der Waals surface area (Å²) in [5, 5.41) is 11.3. The standard InChI is InChI=1S/C12H15FN2O3/c1-7(14)11(16)15-10(12(17)18)6-8-3-2-4-9(13)5-8/h2-5,7,10H,6,14H2,1H3,(H,15,16)(H,17,18)/t7-,10?/m1/s1. The normalized spacial score (nSPS) is 13.7. The molecule has 1 aromatic rings. The molecule has 0 heterocycles. The predicted molar refractivity (Wildman–Crippen MR) is 63.3 cm³/mol. The van der Waals surface area contributed by atoms with Gasteiger partial charge >= 0.3 is 5.97 Å². The van der Waals surface area contributed by atoms with Gasteiger partial charge in [0, 0.05) is 6.42 Å². The van der Waals surface area contributed by atoms with Crippen molar-refractivity contribution in [3.63, 3.8) is 0 Å². The molecule has 98 valence electrons. The lowest BCUT2D eigenvalue weighted by atomic mass is 10.1. The van der Waals surface area contributed by atoms with Crippen LogP contribution in [-0.2, 0) is 16.0 Å². The van der Waals surface area contributed by atoms with Gasteiger partial charge in [0.05, 0.1) is 6.04 Å². The number of aliphatic carboxylic acids is 1. The van der Waals surface area contributed by atoms with Gasteiger partial charge in [-0.15, -0.1) is 0 Å². The molecular weight excluding hydrogens is 239 g/mol. The second kappa shape index (κ2) is 6.11. The number of nitrogens with two attached hydrogens (primary N) is 1. The van der Waals surface area contributed by atoms with Crippen LogP contribution in [0.4, 0.5) is 4.39 Å². The van der Waals surface area contributed by atoms with Crippen LogP contribution in [0, 0.1) is 5.82 Å². The lowest BCUT2D eigenvalue weighted by Crippen LogP contribution is -2.48. The van der Waals surface area contributed by atoms with Gasteiger partial charge < -0.3 is 16.2 Å². The van der Waals surface area contributed by atoms with E-state index < -0.39 is 29.8 Å². The van der Waals surface area contributed by atoms with Crippen LogP contribution in [0.15, 0.2) is 24.3 Å². The summed E-state index contributed by atoms with van der Waals surface area (Å²) in [5.74, 6) is -2.19. The first-order valence-electron chi connectivity index (χ1n) is 5.43. The molecule has 0 radical (unpaired) electrons. The van der Waals surface area contributed by atoms with Crippen LogP contribution in [0.3, 0.4) is 0 Å². The average molecular weight is 254 g/mol. The van der Waals surface area contributed by atoms with Crippen LogP contribution in [0.25, 0.3) is 0 Å². The van der Waals surface area contributed by atoms with Crippen LogP contribution < -0.4 is 11.1 Å². The molecule has 0 bridgehead atoms. The van der Waals surface area contributed by atoms with E-state index in [1.165, 1.54) is 25.1 Å². The van der Waals surface area contributed by atoms with E-state index in [4.69, 9.17) is 10.8 Å². The Bertz CT molecular complexity index is 449. The summed E-state index contributed by atoms with van der Waals surface area (Å²) in [5.41, 5.74) is 5.83. The number of halogens is 1. The fourth-order valence-corrected chi connectivity index (χ4v) is 1.40. The largest absolute Gasteiger partial charge is 0.480 e. The van der Waals surface area contributed by atoms with Gasteiger partial charge in [0.2, 0.25) is 5.91 Å². The highest BCUT2D eigenvalue weighted by Crippen LogP contribution is 2.07. The number of hydrogen-bond donors (Lipinski definition) is 3. The third kappa shape index (κ3) is 4.14. The van der Waals surface area contributed by atoms with Crippen molar-refractivity contribution >= 4 is 11.9 Å². The molecule has 2 atom stereocenters. The molecule has 1 unspecified atom stereocenters. The first-order chi connectivity index (χ1) is 8.40. The minimum atomic E-state index is -1.19. The summed E-state index contributed by atoms with van der Waals surface area (Å²) >= 11 is 0. The Morgan fingerprint density at radius 3 is 2.67 bits per heavy atom. The number of carboxylic acids is 1. The van der Waals surface area contributed by atoms with Gasteiger partial charge in [-0.3, -0.25) is 4.79 Å². The number of rotatable bonds is 5. The number of benzene rings is 1. The van der Waals surface area contributed by atoms with Crippen molar-refractivity contribution in [3.05, 3.63) is 35.6 Å². The SMILES string of the molecule is C[C@@H](N)C(=O)NC(Cc1cccc(F)c1)C(=O)O. The van der Waals surface area contributed by atoms with Gasteiger partial charge in [-0.25, -0.2) is 9.18 Å². The minimum absolute atomic E-state index is 0.00551.